The molecule has 1 atom stereocenters. The van der Waals surface area contributed by atoms with Crippen molar-refractivity contribution in [3.63, 3.8) is 0 Å². The molecule has 31 heavy (non-hydrogen) atoms. The molecular formula is C20H17ClN4O6. The number of nitro groups is 1. The Morgan fingerprint density at radius 3 is 2.71 bits per heavy atom. The number of nitrogens with one attached hydrogen (secondary N) is 1. The van der Waals surface area contributed by atoms with E-state index in [2.05, 4.69) is 15.5 Å². The molecule has 0 spiro atoms. The number of hydrogen-bond acceptors (Lipinski definition) is 8. The number of aryl methyl sites for hydroxylation is 1. The van der Waals surface area contributed by atoms with E-state index in [4.69, 9.17) is 20.9 Å². The summed E-state index contributed by atoms with van der Waals surface area (Å²) in [6.07, 6.45) is -1.03. The van der Waals surface area contributed by atoms with Crippen LogP contribution >= 0.6 is 11.6 Å². The van der Waals surface area contributed by atoms with Crippen LogP contribution in [0.15, 0.2) is 53.1 Å². The van der Waals surface area contributed by atoms with E-state index in [0.29, 0.717) is 16.4 Å². The molecule has 0 saturated carbocycles. The molecule has 0 radical (unpaired) electrons. The largest absolute Gasteiger partial charge is 0.453 e. The van der Waals surface area contributed by atoms with Crippen LogP contribution in [0.2, 0.25) is 5.02 Å². The van der Waals surface area contributed by atoms with Crippen molar-refractivity contribution >= 4 is 34.9 Å². The molecule has 0 aliphatic carbocycles. The Morgan fingerprint density at radius 1 is 1.26 bits per heavy atom. The van der Waals surface area contributed by atoms with Gasteiger partial charge in [-0.25, -0.2) is 0 Å². The number of esters is 1. The second-order valence-electron chi connectivity index (χ2n) is 6.45. The fraction of sp³-hybridized carbons (Fsp3) is 0.200. The first kappa shape index (κ1) is 21.9. The van der Waals surface area contributed by atoms with Crippen LogP contribution in [0.4, 0.5) is 11.4 Å². The summed E-state index contributed by atoms with van der Waals surface area (Å²) in [5.41, 5.74) is 0.774. The number of carbonyl (C=O) groups is 2. The summed E-state index contributed by atoms with van der Waals surface area (Å²) in [5, 5.41) is 17.7. The first-order valence-electron chi connectivity index (χ1n) is 9.15. The minimum atomic E-state index is -1.10. The zero-order chi connectivity index (χ0) is 22.4. The van der Waals surface area contributed by atoms with Crippen molar-refractivity contribution in [2.75, 3.05) is 5.32 Å². The van der Waals surface area contributed by atoms with Crippen LogP contribution in [0, 0.1) is 10.1 Å². The lowest BCUT2D eigenvalue weighted by molar-refractivity contribution is -0.384. The number of amides is 1. The fourth-order valence-electron chi connectivity index (χ4n) is 2.53. The Hall–Kier alpha value is -3.79. The Balaban J connectivity index is 1.49. The maximum Gasteiger partial charge on any atom is 0.307 e. The van der Waals surface area contributed by atoms with Gasteiger partial charge in [0.15, 0.2) is 6.10 Å². The Bertz CT molecular complexity index is 1100. The fourth-order valence-corrected chi connectivity index (χ4v) is 2.66. The number of benzene rings is 2. The quantitative estimate of drug-likeness (QED) is 0.314. The van der Waals surface area contributed by atoms with Crippen molar-refractivity contribution in [3.05, 3.63) is 69.6 Å². The number of aromatic nitrogens is 2. The van der Waals surface area contributed by atoms with E-state index in [-0.39, 0.29) is 30.1 Å². The highest BCUT2D eigenvalue weighted by atomic mass is 35.5. The molecule has 1 aromatic heterocycles. The van der Waals surface area contributed by atoms with Crippen molar-refractivity contribution in [2.24, 2.45) is 0 Å². The molecule has 2 aromatic carbocycles. The summed E-state index contributed by atoms with van der Waals surface area (Å²) in [6, 6.07) is 12.3. The minimum Gasteiger partial charge on any atom is -0.453 e. The van der Waals surface area contributed by atoms with Crippen LogP contribution in [0.3, 0.4) is 0 Å². The van der Waals surface area contributed by atoms with E-state index < -0.39 is 22.9 Å². The maximum absolute atomic E-state index is 12.2. The van der Waals surface area contributed by atoms with E-state index in [0.717, 1.165) is 0 Å². The number of non-ortho nitro benzene ring substituents is 1. The lowest BCUT2D eigenvalue weighted by Gasteiger charge is -2.13. The molecule has 3 aromatic rings. The van der Waals surface area contributed by atoms with Gasteiger partial charge in [-0.3, -0.25) is 19.7 Å². The second kappa shape index (κ2) is 9.81. The van der Waals surface area contributed by atoms with Crippen molar-refractivity contribution in [1.29, 1.82) is 0 Å². The summed E-state index contributed by atoms with van der Waals surface area (Å²) >= 11 is 5.85. The van der Waals surface area contributed by atoms with Gasteiger partial charge in [0.2, 0.25) is 11.7 Å². The average molecular weight is 445 g/mol. The van der Waals surface area contributed by atoms with Crippen LogP contribution in [0.5, 0.6) is 0 Å². The number of carbonyl (C=O) groups excluding carboxylic acids is 2. The molecule has 1 heterocycles. The molecule has 3 rings (SSSR count). The first-order chi connectivity index (χ1) is 14.8. The van der Waals surface area contributed by atoms with Crippen molar-refractivity contribution in [3.8, 4) is 11.4 Å². The van der Waals surface area contributed by atoms with Gasteiger partial charge < -0.3 is 14.6 Å². The highest BCUT2D eigenvalue weighted by Gasteiger charge is 2.19. The number of hydrogen-bond donors (Lipinski definition) is 1. The Labute approximate surface area is 181 Å². The summed E-state index contributed by atoms with van der Waals surface area (Å²) in [5.74, 6) is -0.634. The van der Waals surface area contributed by atoms with Crippen LogP contribution in [-0.4, -0.2) is 33.0 Å². The van der Waals surface area contributed by atoms with Gasteiger partial charge in [0, 0.05) is 34.8 Å². The molecule has 0 fully saturated rings. The van der Waals surface area contributed by atoms with E-state index in [9.17, 15) is 19.7 Å². The summed E-state index contributed by atoms with van der Waals surface area (Å²) in [6.45, 7) is 1.40. The number of anilines is 1. The zero-order valence-electron chi connectivity index (χ0n) is 16.3. The van der Waals surface area contributed by atoms with Crippen molar-refractivity contribution in [2.45, 2.75) is 25.9 Å². The molecular weight excluding hydrogens is 428 g/mol. The molecule has 10 nitrogen and oxygen atoms in total. The number of nitrogens with zero attached hydrogens (tertiary/aromatic N) is 3. The smallest absolute Gasteiger partial charge is 0.307 e. The standard InChI is InChI=1S/C20H17ClN4O6/c1-12(20(27)22-15-3-2-4-16(11-15)25(28)29)30-18(26)10-9-17-23-19(24-31-17)13-5-7-14(21)8-6-13/h2-8,11-12H,9-10H2,1H3,(H,22,27). The Kier molecular flexibility index (Phi) is 6.93. The molecule has 0 saturated heterocycles. The van der Waals surface area contributed by atoms with Gasteiger partial charge in [-0.2, -0.15) is 4.98 Å². The zero-order valence-corrected chi connectivity index (χ0v) is 17.0. The van der Waals surface area contributed by atoms with Gasteiger partial charge in [0.25, 0.3) is 11.6 Å². The molecule has 1 unspecified atom stereocenters. The van der Waals surface area contributed by atoms with Crippen molar-refractivity contribution < 1.29 is 23.8 Å². The normalized spacial score (nSPS) is 11.5. The molecule has 0 bridgehead atoms. The van der Waals surface area contributed by atoms with Crippen molar-refractivity contribution in [1.82, 2.24) is 10.1 Å². The lowest BCUT2D eigenvalue weighted by atomic mass is 10.2. The second-order valence-corrected chi connectivity index (χ2v) is 6.88. The summed E-state index contributed by atoms with van der Waals surface area (Å²) in [7, 11) is 0. The highest BCUT2D eigenvalue weighted by Crippen LogP contribution is 2.19. The van der Waals surface area contributed by atoms with Gasteiger partial charge in [0.1, 0.15) is 0 Å². The van der Waals surface area contributed by atoms with Crippen LogP contribution in [-0.2, 0) is 20.7 Å². The highest BCUT2D eigenvalue weighted by molar-refractivity contribution is 6.30. The van der Waals surface area contributed by atoms with Gasteiger partial charge in [-0.1, -0.05) is 22.8 Å². The van der Waals surface area contributed by atoms with Crippen LogP contribution < -0.4 is 5.32 Å². The molecule has 1 N–H and O–H groups in total. The number of ether oxygens (including phenoxy) is 1. The molecule has 0 aliphatic rings. The monoisotopic (exact) mass is 444 g/mol. The van der Waals surface area contributed by atoms with E-state index >= 15 is 0 Å². The van der Waals surface area contributed by atoms with E-state index in [1.807, 2.05) is 0 Å². The minimum absolute atomic E-state index is 0.0727. The first-order valence-corrected chi connectivity index (χ1v) is 9.53. The third-order valence-electron chi connectivity index (χ3n) is 4.12. The lowest BCUT2D eigenvalue weighted by Crippen LogP contribution is -2.30. The van der Waals surface area contributed by atoms with Crippen LogP contribution in [0.25, 0.3) is 11.4 Å². The van der Waals surface area contributed by atoms with Gasteiger partial charge in [-0.15, -0.1) is 0 Å². The van der Waals surface area contributed by atoms with Crippen LogP contribution in [0.1, 0.15) is 19.2 Å². The molecule has 0 aliphatic heterocycles. The van der Waals surface area contributed by atoms with Gasteiger partial charge in [0.05, 0.1) is 11.3 Å². The molecule has 160 valence electrons. The number of nitro benzene ring substituents is 1. The predicted molar refractivity (Wildman–Crippen MR) is 110 cm³/mol. The third kappa shape index (κ3) is 6.09. The van der Waals surface area contributed by atoms with E-state index in [1.165, 1.54) is 31.2 Å². The number of rotatable bonds is 8. The SMILES string of the molecule is CC(OC(=O)CCc1nc(-c2ccc(Cl)cc2)no1)C(=O)Nc1cccc([N+](=O)[O-])c1. The average Bonchev–Trinajstić information content (AvgIpc) is 3.22. The van der Waals surface area contributed by atoms with Gasteiger partial charge >= 0.3 is 5.97 Å². The van der Waals surface area contributed by atoms with E-state index in [1.54, 1.807) is 24.3 Å². The summed E-state index contributed by atoms with van der Waals surface area (Å²) < 4.78 is 10.2. The van der Waals surface area contributed by atoms with Gasteiger partial charge in [-0.05, 0) is 37.3 Å². The number of halogens is 1. The predicted octanol–water partition coefficient (Wildman–Crippen LogP) is 3.80. The maximum atomic E-state index is 12.2. The summed E-state index contributed by atoms with van der Waals surface area (Å²) in [4.78, 5) is 38.7. The third-order valence-corrected chi connectivity index (χ3v) is 4.37. The molecule has 1 amide bonds. The molecule has 11 heteroatoms. The topological polar surface area (TPSA) is 137 Å². The Morgan fingerprint density at radius 2 is 2.00 bits per heavy atom.